The highest BCUT2D eigenvalue weighted by molar-refractivity contribution is 5.06. The number of rotatable bonds is 2. The minimum Gasteiger partial charge on any atom is -0.314 e. The normalized spacial score (nSPS) is 21.6. The van der Waals surface area contributed by atoms with Crippen LogP contribution in [0.5, 0.6) is 0 Å². The quantitative estimate of drug-likeness (QED) is 0.789. The summed E-state index contributed by atoms with van der Waals surface area (Å²) in [6.45, 7) is 5.06. The number of piperidine rings is 1. The molecule has 0 saturated carbocycles. The van der Waals surface area contributed by atoms with E-state index in [4.69, 9.17) is 0 Å². The highest BCUT2D eigenvalue weighted by atomic mass is 15.2. The zero-order valence-corrected chi connectivity index (χ0v) is 9.45. The number of nitrogens with one attached hydrogen (secondary N) is 1. The van der Waals surface area contributed by atoms with Crippen molar-refractivity contribution in [1.29, 1.82) is 0 Å². The molecule has 0 spiro atoms. The van der Waals surface area contributed by atoms with Crippen LogP contribution in [0.1, 0.15) is 36.5 Å². The molecule has 82 valence electrons. The van der Waals surface area contributed by atoms with Crippen molar-refractivity contribution < 1.29 is 0 Å². The van der Waals surface area contributed by atoms with E-state index in [2.05, 4.69) is 20.5 Å². The molecular formula is C11H18N4. The van der Waals surface area contributed by atoms with Crippen molar-refractivity contribution in [3.8, 4) is 0 Å². The Morgan fingerprint density at radius 1 is 1.20 bits per heavy atom. The van der Waals surface area contributed by atoms with Crippen LogP contribution in [-0.4, -0.2) is 27.8 Å². The molecule has 1 atom stereocenters. The van der Waals surface area contributed by atoms with E-state index in [-0.39, 0.29) is 0 Å². The standard InChI is InChI=1S/C11H18N4/c1-8-9(2)14-15-11(13-8)7-10-5-3-4-6-12-10/h10,12H,3-7H2,1-2H3. The lowest BCUT2D eigenvalue weighted by molar-refractivity contribution is 0.392. The van der Waals surface area contributed by atoms with Crippen LogP contribution in [-0.2, 0) is 6.42 Å². The molecule has 0 bridgehead atoms. The first-order valence-electron chi connectivity index (χ1n) is 5.66. The summed E-state index contributed by atoms with van der Waals surface area (Å²) in [6.07, 6.45) is 4.75. The molecule has 1 N–H and O–H groups in total. The summed E-state index contributed by atoms with van der Waals surface area (Å²) in [6, 6.07) is 0.544. The van der Waals surface area contributed by atoms with Crippen LogP contribution in [0.4, 0.5) is 0 Å². The van der Waals surface area contributed by atoms with Crippen LogP contribution in [0.2, 0.25) is 0 Å². The zero-order chi connectivity index (χ0) is 10.7. The summed E-state index contributed by atoms with van der Waals surface area (Å²) in [5, 5.41) is 11.7. The van der Waals surface area contributed by atoms with Gasteiger partial charge >= 0.3 is 0 Å². The monoisotopic (exact) mass is 206 g/mol. The first kappa shape index (κ1) is 10.5. The molecule has 0 amide bonds. The molecule has 4 heteroatoms. The minimum atomic E-state index is 0.544. The summed E-state index contributed by atoms with van der Waals surface area (Å²) < 4.78 is 0. The van der Waals surface area contributed by atoms with Gasteiger partial charge < -0.3 is 5.32 Å². The third kappa shape index (κ3) is 2.72. The fourth-order valence-corrected chi connectivity index (χ4v) is 1.91. The number of nitrogens with zero attached hydrogens (tertiary/aromatic N) is 3. The summed E-state index contributed by atoms with van der Waals surface area (Å²) >= 11 is 0. The predicted octanol–water partition coefficient (Wildman–Crippen LogP) is 1.17. The summed E-state index contributed by atoms with van der Waals surface area (Å²) in [7, 11) is 0. The molecular weight excluding hydrogens is 188 g/mol. The van der Waals surface area contributed by atoms with Gasteiger partial charge in [0.25, 0.3) is 0 Å². The number of aromatic nitrogens is 3. The number of aryl methyl sites for hydroxylation is 2. The average molecular weight is 206 g/mol. The van der Waals surface area contributed by atoms with E-state index in [9.17, 15) is 0 Å². The molecule has 15 heavy (non-hydrogen) atoms. The molecule has 4 nitrogen and oxygen atoms in total. The predicted molar refractivity (Wildman–Crippen MR) is 58.6 cm³/mol. The van der Waals surface area contributed by atoms with Gasteiger partial charge in [0.1, 0.15) is 0 Å². The number of hydrogen-bond acceptors (Lipinski definition) is 4. The van der Waals surface area contributed by atoms with Crippen molar-refractivity contribution in [3.63, 3.8) is 0 Å². The topological polar surface area (TPSA) is 50.7 Å². The third-order valence-electron chi connectivity index (χ3n) is 2.98. The smallest absolute Gasteiger partial charge is 0.152 e. The second-order valence-corrected chi connectivity index (χ2v) is 4.25. The van der Waals surface area contributed by atoms with Crippen LogP contribution in [0, 0.1) is 13.8 Å². The van der Waals surface area contributed by atoms with Gasteiger partial charge in [-0.15, -0.1) is 5.10 Å². The van der Waals surface area contributed by atoms with Crippen molar-refractivity contribution in [2.75, 3.05) is 6.54 Å². The van der Waals surface area contributed by atoms with Crippen LogP contribution in [0.15, 0.2) is 0 Å². The second-order valence-electron chi connectivity index (χ2n) is 4.25. The van der Waals surface area contributed by atoms with Gasteiger partial charge in [-0.1, -0.05) is 6.42 Å². The van der Waals surface area contributed by atoms with Crippen LogP contribution in [0.25, 0.3) is 0 Å². The first-order chi connectivity index (χ1) is 7.25. The van der Waals surface area contributed by atoms with Gasteiger partial charge in [0.2, 0.25) is 0 Å². The maximum absolute atomic E-state index is 4.45. The second kappa shape index (κ2) is 4.66. The highest BCUT2D eigenvalue weighted by Gasteiger charge is 2.14. The Balaban J connectivity index is 2.00. The Kier molecular flexibility index (Phi) is 3.26. The highest BCUT2D eigenvalue weighted by Crippen LogP contribution is 2.10. The van der Waals surface area contributed by atoms with E-state index < -0.39 is 0 Å². The Morgan fingerprint density at radius 2 is 2.07 bits per heavy atom. The van der Waals surface area contributed by atoms with Crippen LogP contribution >= 0.6 is 0 Å². The SMILES string of the molecule is Cc1nnc(CC2CCCCN2)nc1C. The Labute approximate surface area is 90.5 Å². The molecule has 0 radical (unpaired) electrons. The molecule has 1 fully saturated rings. The Morgan fingerprint density at radius 3 is 2.73 bits per heavy atom. The van der Waals surface area contributed by atoms with Crippen LogP contribution < -0.4 is 5.32 Å². The molecule has 1 aliphatic heterocycles. The Hall–Kier alpha value is -1.03. The third-order valence-corrected chi connectivity index (χ3v) is 2.98. The Bertz CT molecular complexity index is 331. The molecule has 2 rings (SSSR count). The fraction of sp³-hybridized carbons (Fsp3) is 0.727. The van der Waals surface area contributed by atoms with E-state index in [0.29, 0.717) is 6.04 Å². The van der Waals surface area contributed by atoms with Gasteiger partial charge in [-0.25, -0.2) is 4.98 Å². The average Bonchev–Trinajstić information content (AvgIpc) is 2.25. The summed E-state index contributed by atoms with van der Waals surface area (Å²) in [5.74, 6) is 0.873. The van der Waals surface area contributed by atoms with E-state index in [1.54, 1.807) is 0 Å². The number of hydrogen-bond donors (Lipinski definition) is 1. The van der Waals surface area contributed by atoms with Gasteiger partial charge in [0.15, 0.2) is 5.82 Å². The summed E-state index contributed by atoms with van der Waals surface area (Å²) in [5.41, 5.74) is 1.92. The van der Waals surface area contributed by atoms with E-state index in [1.807, 2.05) is 13.8 Å². The van der Waals surface area contributed by atoms with Crippen LogP contribution in [0.3, 0.4) is 0 Å². The molecule has 0 aliphatic carbocycles. The van der Waals surface area contributed by atoms with Gasteiger partial charge in [-0.3, -0.25) is 0 Å². The van der Waals surface area contributed by atoms with E-state index in [0.717, 1.165) is 30.2 Å². The molecule has 1 aromatic heterocycles. The van der Waals surface area contributed by atoms with E-state index >= 15 is 0 Å². The van der Waals surface area contributed by atoms with Crippen molar-refractivity contribution in [3.05, 3.63) is 17.2 Å². The summed E-state index contributed by atoms with van der Waals surface area (Å²) in [4.78, 5) is 4.45. The first-order valence-corrected chi connectivity index (χ1v) is 5.66. The molecule has 0 aromatic carbocycles. The lowest BCUT2D eigenvalue weighted by Gasteiger charge is -2.22. The molecule has 1 unspecified atom stereocenters. The molecule has 1 aromatic rings. The van der Waals surface area contributed by atoms with Crippen molar-refractivity contribution in [2.45, 2.75) is 45.6 Å². The maximum atomic E-state index is 4.45. The van der Waals surface area contributed by atoms with Crippen molar-refractivity contribution >= 4 is 0 Å². The largest absolute Gasteiger partial charge is 0.314 e. The lowest BCUT2D eigenvalue weighted by atomic mass is 10.0. The molecule has 2 heterocycles. The maximum Gasteiger partial charge on any atom is 0.152 e. The molecule has 1 aliphatic rings. The van der Waals surface area contributed by atoms with Crippen molar-refractivity contribution in [2.24, 2.45) is 0 Å². The zero-order valence-electron chi connectivity index (χ0n) is 9.45. The van der Waals surface area contributed by atoms with Gasteiger partial charge in [-0.2, -0.15) is 5.10 Å². The van der Waals surface area contributed by atoms with Gasteiger partial charge in [0, 0.05) is 12.5 Å². The van der Waals surface area contributed by atoms with E-state index in [1.165, 1.54) is 19.3 Å². The van der Waals surface area contributed by atoms with Gasteiger partial charge in [0.05, 0.1) is 11.4 Å². The van der Waals surface area contributed by atoms with Crippen molar-refractivity contribution in [1.82, 2.24) is 20.5 Å². The van der Waals surface area contributed by atoms with Gasteiger partial charge in [-0.05, 0) is 33.2 Å². The molecule has 1 saturated heterocycles. The minimum absolute atomic E-state index is 0.544. The lowest BCUT2D eigenvalue weighted by Crippen LogP contribution is -2.36. The fourth-order valence-electron chi connectivity index (χ4n) is 1.91.